The highest BCUT2D eigenvalue weighted by Crippen LogP contribution is 2.30. The van der Waals surface area contributed by atoms with Crippen LogP contribution in [0, 0.1) is 5.92 Å². The molecule has 0 spiro atoms. The number of nitrogens with one attached hydrogen (secondary N) is 1. The van der Waals surface area contributed by atoms with Crippen LogP contribution in [-0.2, 0) is 6.42 Å². The standard InChI is InChI=1S/C17H20N2O2/c1-12(2)9-18-8-7-17-19-10-16(21-17)14-11-20-15-6-4-3-5-13(14)15/h3-6,10-12,18H,7-9H2,1-2H3. The summed E-state index contributed by atoms with van der Waals surface area (Å²) in [7, 11) is 0. The first-order valence-corrected chi connectivity index (χ1v) is 7.36. The molecule has 0 aliphatic carbocycles. The molecule has 0 unspecified atom stereocenters. The van der Waals surface area contributed by atoms with Crippen molar-refractivity contribution in [2.24, 2.45) is 5.92 Å². The normalized spacial score (nSPS) is 11.6. The van der Waals surface area contributed by atoms with Crippen molar-refractivity contribution in [3.63, 3.8) is 0 Å². The van der Waals surface area contributed by atoms with Crippen LogP contribution in [0.4, 0.5) is 0 Å². The van der Waals surface area contributed by atoms with E-state index in [0.717, 1.165) is 47.7 Å². The Balaban J connectivity index is 1.70. The van der Waals surface area contributed by atoms with Crippen LogP contribution in [-0.4, -0.2) is 18.1 Å². The van der Waals surface area contributed by atoms with E-state index in [1.54, 1.807) is 12.5 Å². The van der Waals surface area contributed by atoms with E-state index >= 15 is 0 Å². The van der Waals surface area contributed by atoms with Gasteiger partial charge in [0.15, 0.2) is 11.7 Å². The van der Waals surface area contributed by atoms with Crippen LogP contribution in [0.2, 0.25) is 0 Å². The predicted octanol–water partition coefficient (Wildman–Crippen LogP) is 3.88. The monoisotopic (exact) mass is 284 g/mol. The predicted molar refractivity (Wildman–Crippen MR) is 83.1 cm³/mol. The van der Waals surface area contributed by atoms with Crippen LogP contribution in [0.3, 0.4) is 0 Å². The number of para-hydroxylation sites is 1. The first kappa shape index (κ1) is 13.9. The van der Waals surface area contributed by atoms with Crippen molar-refractivity contribution in [2.75, 3.05) is 13.1 Å². The van der Waals surface area contributed by atoms with Crippen LogP contribution in [0.5, 0.6) is 0 Å². The lowest BCUT2D eigenvalue weighted by Gasteiger charge is -2.05. The van der Waals surface area contributed by atoms with E-state index in [0.29, 0.717) is 5.92 Å². The lowest BCUT2D eigenvalue weighted by Crippen LogP contribution is -2.22. The summed E-state index contributed by atoms with van der Waals surface area (Å²) >= 11 is 0. The van der Waals surface area contributed by atoms with Crippen LogP contribution < -0.4 is 5.32 Å². The Kier molecular flexibility index (Phi) is 4.06. The summed E-state index contributed by atoms with van der Waals surface area (Å²) < 4.78 is 11.4. The molecule has 0 aliphatic heterocycles. The maximum Gasteiger partial charge on any atom is 0.196 e. The summed E-state index contributed by atoms with van der Waals surface area (Å²) in [5, 5.41) is 4.44. The maximum atomic E-state index is 5.83. The molecule has 0 amide bonds. The van der Waals surface area contributed by atoms with Crippen molar-refractivity contribution < 1.29 is 8.83 Å². The number of aromatic nitrogens is 1. The van der Waals surface area contributed by atoms with Gasteiger partial charge >= 0.3 is 0 Å². The van der Waals surface area contributed by atoms with Gasteiger partial charge in [-0.15, -0.1) is 0 Å². The molecule has 1 aromatic carbocycles. The Bertz CT molecular complexity index is 712. The lowest BCUT2D eigenvalue weighted by atomic mass is 10.1. The van der Waals surface area contributed by atoms with E-state index in [1.165, 1.54) is 0 Å². The van der Waals surface area contributed by atoms with Crippen molar-refractivity contribution in [1.82, 2.24) is 10.3 Å². The Labute approximate surface area is 124 Å². The largest absolute Gasteiger partial charge is 0.464 e. The molecule has 4 heteroatoms. The zero-order chi connectivity index (χ0) is 14.7. The number of rotatable bonds is 6. The number of benzene rings is 1. The molecule has 21 heavy (non-hydrogen) atoms. The number of oxazole rings is 1. The Morgan fingerprint density at radius 1 is 1.24 bits per heavy atom. The zero-order valence-corrected chi connectivity index (χ0v) is 12.4. The van der Waals surface area contributed by atoms with Gasteiger partial charge in [0.05, 0.1) is 11.8 Å². The molecule has 0 saturated heterocycles. The zero-order valence-electron chi connectivity index (χ0n) is 12.4. The van der Waals surface area contributed by atoms with Crippen molar-refractivity contribution in [3.8, 4) is 11.3 Å². The number of fused-ring (bicyclic) bond motifs is 1. The van der Waals surface area contributed by atoms with E-state index < -0.39 is 0 Å². The highest BCUT2D eigenvalue weighted by Gasteiger charge is 2.12. The Morgan fingerprint density at radius 3 is 2.95 bits per heavy atom. The topological polar surface area (TPSA) is 51.2 Å². The third-order valence-corrected chi connectivity index (χ3v) is 3.37. The second kappa shape index (κ2) is 6.14. The lowest BCUT2D eigenvalue weighted by molar-refractivity contribution is 0.482. The molecule has 4 nitrogen and oxygen atoms in total. The average Bonchev–Trinajstić information content (AvgIpc) is 3.09. The molecule has 2 aromatic heterocycles. The second-order valence-corrected chi connectivity index (χ2v) is 5.61. The molecule has 0 fully saturated rings. The van der Waals surface area contributed by atoms with Crippen LogP contribution >= 0.6 is 0 Å². The number of hydrogen-bond acceptors (Lipinski definition) is 4. The van der Waals surface area contributed by atoms with E-state index in [-0.39, 0.29) is 0 Å². The molecule has 2 heterocycles. The minimum absolute atomic E-state index is 0.655. The summed E-state index contributed by atoms with van der Waals surface area (Å²) in [6.45, 7) is 6.28. The van der Waals surface area contributed by atoms with E-state index in [9.17, 15) is 0 Å². The number of hydrogen-bond donors (Lipinski definition) is 1. The molecule has 110 valence electrons. The number of nitrogens with zero attached hydrogens (tertiary/aromatic N) is 1. The third kappa shape index (κ3) is 3.16. The van der Waals surface area contributed by atoms with Crippen molar-refractivity contribution >= 4 is 11.0 Å². The van der Waals surface area contributed by atoms with E-state index in [4.69, 9.17) is 8.83 Å². The molecule has 3 aromatic rings. The minimum atomic E-state index is 0.655. The van der Waals surface area contributed by atoms with Gasteiger partial charge in [-0.2, -0.15) is 0 Å². The Morgan fingerprint density at radius 2 is 2.10 bits per heavy atom. The molecule has 0 bridgehead atoms. The fourth-order valence-corrected chi connectivity index (χ4v) is 2.31. The molecule has 1 N–H and O–H groups in total. The molecular formula is C17H20N2O2. The van der Waals surface area contributed by atoms with Crippen molar-refractivity contribution in [2.45, 2.75) is 20.3 Å². The minimum Gasteiger partial charge on any atom is -0.464 e. The van der Waals surface area contributed by atoms with E-state index in [1.807, 2.05) is 24.3 Å². The van der Waals surface area contributed by atoms with E-state index in [2.05, 4.69) is 24.1 Å². The molecular weight excluding hydrogens is 264 g/mol. The van der Waals surface area contributed by atoms with Crippen LogP contribution in [0.25, 0.3) is 22.3 Å². The fraction of sp³-hybridized carbons (Fsp3) is 0.353. The van der Waals surface area contributed by atoms with Gasteiger partial charge in [0.25, 0.3) is 0 Å². The summed E-state index contributed by atoms with van der Waals surface area (Å²) in [5.74, 6) is 2.17. The Hall–Kier alpha value is -2.07. The first-order chi connectivity index (χ1) is 10.2. The highest BCUT2D eigenvalue weighted by molar-refractivity contribution is 5.92. The fourth-order valence-electron chi connectivity index (χ4n) is 2.31. The highest BCUT2D eigenvalue weighted by atomic mass is 16.4. The smallest absolute Gasteiger partial charge is 0.196 e. The van der Waals surface area contributed by atoms with Gasteiger partial charge in [-0.05, 0) is 18.5 Å². The SMILES string of the molecule is CC(C)CNCCc1ncc(-c2coc3ccccc23)o1. The van der Waals surface area contributed by atoms with Gasteiger partial charge in [-0.1, -0.05) is 32.0 Å². The second-order valence-electron chi connectivity index (χ2n) is 5.61. The maximum absolute atomic E-state index is 5.83. The van der Waals surface area contributed by atoms with Gasteiger partial charge in [0.2, 0.25) is 0 Å². The summed E-state index contributed by atoms with van der Waals surface area (Å²) in [6.07, 6.45) is 4.30. The number of furan rings is 1. The molecule has 3 rings (SSSR count). The first-order valence-electron chi connectivity index (χ1n) is 7.36. The summed E-state index contributed by atoms with van der Waals surface area (Å²) in [6, 6.07) is 7.93. The summed E-state index contributed by atoms with van der Waals surface area (Å²) in [4.78, 5) is 4.35. The van der Waals surface area contributed by atoms with Gasteiger partial charge in [0.1, 0.15) is 11.8 Å². The third-order valence-electron chi connectivity index (χ3n) is 3.37. The van der Waals surface area contributed by atoms with Gasteiger partial charge in [-0.3, -0.25) is 0 Å². The van der Waals surface area contributed by atoms with Gasteiger partial charge in [-0.25, -0.2) is 4.98 Å². The van der Waals surface area contributed by atoms with Gasteiger partial charge < -0.3 is 14.2 Å². The molecule has 0 aliphatic rings. The quantitative estimate of drug-likeness (QED) is 0.698. The van der Waals surface area contributed by atoms with Gasteiger partial charge in [0, 0.05) is 18.4 Å². The molecule has 0 radical (unpaired) electrons. The van der Waals surface area contributed by atoms with Crippen LogP contribution in [0.1, 0.15) is 19.7 Å². The summed E-state index contributed by atoms with van der Waals surface area (Å²) in [5.41, 5.74) is 1.82. The van der Waals surface area contributed by atoms with Crippen LogP contribution in [0.15, 0.2) is 45.6 Å². The molecule has 0 atom stereocenters. The van der Waals surface area contributed by atoms with Crippen molar-refractivity contribution in [3.05, 3.63) is 42.6 Å². The average molecular weight is 284 g/mol. The molecule has 0 saturated carbocycles. The van der Waals surface area contributed by atoms with Crippen molar-refractivity contribution in [1.29, 1.82) is 0 Å².